The fourth-order valence-corrected chi connectivity index (χ4v) is 1.64. The SMILES string of the molecule is CCCc1cc(S)oc1CCC. The second-order valence-electron chi connectivity index (χ2n) is 3.03. The first-order chi connectivity index (χ1) is 5.77. The zero-order valence-corrected chi connectivity index (χ0v) is 8.66. The zero-order chi connectivity index (χ0) is 8.97. The molecular formula is C10H16OS. The maximum absolute atomic E-state index is 5.47. The third-order valence-corrected chi connectivity index (χ3v) is 2.10. The van der Waals surface area contributed by atoms with E-state index in [9.17, 15) is 0 Å². The van der Waals surface area contributed by atoms with Crippen LogP contribution in [0.15, 0.2) is 15.6 Å². The minimum absolute atomic E-state index is 0.752. The van der Waals surface area contributed by atoms with Crippen molar-refractivity contribution in [1.82, 2.24) is 0 Å². The molecule has 0 bridgehead atoms. The Morgan fingerprint density at radius 2 is 1.92 bits per heavy atom. The summed E-state index contributed by atoms with van der Waals surface area (Å²) in [5, 5.41) is 0.752. The van der Waals surface area contributed by atoms with Gasteiger partial charge in [0.2, 0.25) is 0 Å². The van der Waals surface area contributed by atoms with E-state index in [4.69, 9.17) is 4.42 Å². The lowest BCUT2D eigenvalue weighted by Gasteiger charge is -1.97. The van der Waals surface area contributed by atoms with Crippen LogP contribution in [0.3, 0.4) is 0 Å². The number of aryl methyl sites for hydroxylation is 2. The Kier molecular flexibility index (Phi) is 3.73. The molecule has 0 amide bonds. The molecule has 0 aliphatic carbocycles. The van der Waals surface area contributed by atoms with Crippen LogP contribution < -0.4 is 0 Å². The van der Waals surface area contributed by atoms with Gasteiger partial charge in [0.15, 0.2) is 5.09 Å². The third-order valence-electron chi connectivity index (χ3n) is 1.88. The normalized spacial score (nSPS) is 10.6. The van der Waals surface area contributed by atoms with Gasteiger partial charge in [-0.05, 0) is 24.5 Å². The Bertz CT molecular complexity index is 216. The smallest absolute Gasteiger partial charge is 0.157 e. The lowest BCUT2D eigenvalue weighted by atomic mass is 10.1. The first-order valence-corrected chi connectivity index (χ1v) is 5.03. The molecule has 0 spiro atoms. The molecule has 1 aromatic rings. The monoisotopic (exact) mass is 184 g/mol. The van der Waals surface area contributed by atoms with Crippen LogP contribution in [0.4, 0.5) is 0 Å². The van der Waals surface area contributed by atoms with E-state index in [1.807, 2.05) is 6.07 Å². The van der Waals surface area contributed by atoms with Crippen LogP contribution in [0.1, 0.15) is 38.0 Å². The van der Waals surface area contributed by atoms with E-state index in [-0.39, 0.29) is 0 Å². The summed E-state index contributed by atoms with van der Waals surface area (Å²) >= 11 is 4.19. The lowest BCUT2D eigenvalue weighted by molar-refractivity contribution is 0.428. The maximum atomic E-state index is 5.47. The van der Waals surface area contributed by atoms with Gasteiger partial charge in [-0.2, -0.15) is 0 Å². The highest BCUT2D eigenvalue weighted by atomic mass is 32.1. The summed E-state index contributed by atoms with van der Waals surface area (Å²) in [6.45, 7) is 4.34. The van der Waals surface area contributed by atoms with Crippen molar-refractivity contribution in [2.24, 2.45) is 0 Å². The van der Waals surface area contributed by atoms with E-state index in [0.29, 0.717) is 0 Å². The van der Waals surface area contributed by atoms with E-state index in [2.05, 4.69) is 26.5 Å². The van der Waals surface area contributed by atoms with Gasteiger partial charge in [0.05, 0.1) is 0 Å². The van der Waals surface area contributed by atoms with Crippen molar-refractivity contribution in [2.45, 2.75) is 44.6 Å². The Hall–Kier alpha value is -0.370. The number of thiol groups is 1. The first-order valence-electron chi connectivity index (χ1n) is 4.58. The van der Waals surface area contributed by atoms with E-state index in [0.717, 1.165) is 30.1 Å². The van der Waals surface area contributed by atoms with Gasteiger partial charge >= 0.3 is 0 Å². The van der Waals surface area contributed by atoms with Crippen molar-refractivity contribution in [2.75, 3.05) is 0 Å². The summed E-state index contributed by atoms with van der Waals surface area (Å²) in [5.41, 5.74) is 1.34. The van der Waals surface area contributed by atoms with Crippen LogP contribution in [0.5, 0.6) is 0 Å². The molecule has 12 heavy (non-hydrogen) atoms. The van der Waals surface area contributed by atoms with Crippen LogP contribution in [0, 0.1) is 0 Å². The van der Waals surface area contributed by atoms with Crippen LogP contribution in [-0.4, -0.2) is 0 Å². The van der Waals surface area contributed by atoms with Crippen molar-refractivity contribution < 1.29 is 4.42 Å². The van der Waals surface area contributed by atoms with Gasteiger partial charge in [0.1, 0.15) is 5.76 Å². The van der Waals surface area contributed by atoms with Crippen molar-refractivity contribution in [3.8, 4) is 0 Å². The molecule has 0 radical (unpaired) electrons. The highest BCUT2D eigenvalue weighted by Crippen LogP contribution is 2.21. The highest BCUT2D eigenvalue weighted by molar-refractivity contribution is 7.80. The van der Waals surface area contributed by atoms with E-state index in [1.165, 1.54) is 12.0 Å². The van der Waals surface area contributed by atoms with E-state index in [1.54, 1.807) is 0 Å². The van der Waals surface area contributed by atoms with Crippen molar-refractivity contribution >= 4 is 12.6 Å². The lowest BCUT2D eigenvalue weighted by Crippen LogP contribution is -1.87. The Balaban J connectivity index is 2.76. The van der Waals surface area contributed by atoms with Gasteiger partial charge in [0.25, 0.3) is 0 Å². The van der Waals surface area contributed by atoms with Gasteiger partial charge in [-0.25, -0.2) is 0 Å². The predicted molar refractivity (Wildman–Crippen MR) is 54.0 cm³/mol. The van der Waals surface area contributed by atoms with Gasteiger partial charge < -0.3 is 4.42 Å². The average Bonchev–Trinajstić information content (AvgIpc) is 2.33. The molecule has 0 N–H and O–H groups in total. The number of furan rings is 1. The van der Waals surface area contributed by atoms with Gasteiger partial charge in [-0.1, -0.05) is 20.3 Å². The Labute approximate surface area is 79.6 Å². The summed E-state index contributed by atoms with van der Waals surface area (Å²) in [4.78, 5) is 0. The van der Waals surface area contributed by atoms with Crippen molar-refractivity contribution in [3.63, 3.8) is 0 Å². The molecule has 0 aromatic carbocycles. The summed E-state index contributed by atoms with van der Waals surface area (Å²) in [5.74, 6) is 1.13. The largest absolute Gasteiger partial charge is 0.455 e. The predicted octanol–water partition coefficient (Wildman–Crippen LogP) is 3.47. The average molecular weight is 184 g/mol. The standard InChI is InChI=1S/C10H16OS/c1-3-5-8-7-10(12)11-9(8)6-4-2/h7,12H,3-6H2,1-2H3. The molecule has 0 saturated heterocycles. The van der Waals surface area contributed by atoms with Gasteiger partial charge in [-0.3, -0.25) is 0 Å². The second kappa shape index (κ2) is 4.61. The van der Waals surface area contributed by atoms with Crippen LogP contribution in [-0.2, 0) is 12.8 Å². The molecule has 1 rings (SSSR count). The first kappa shape index (κ1) is 9.72. The Morgan fingerprint density at radius 3 is 2.50 bits per heavy atom. The number of hydrogen-bond acceptors (Lipinski definition) is 2. The summed E-state index contributed by atoms with van der Waals surface area (Å²) in [6.07, 6.45) is 4.45. The number of hydrogen-bond donors (Lipinski definition) is 1. The van der Waals surface area contributed by atoms with Crippen LogP contribution in [0.2, 0.25) is 0 Å². The highest BCUT2D eigenvalue weighted by Gasteiger charge is 2.06. The van der Waals surface area contributed by atoms with E-state index < -0.39 is 0 Å². The molecule has 1 heterocycles. The quantitative estimate of drug-likeness (QED) is 0.707. The maximum Gasteiger partial charge on any atom is 0.157 e. The minimum Gasteiger partial charge on any atom is -0.455 e. The van der Waals surface area contributed by atoms with Crippen molar-refractivity contribution in [3.05, 3.63) is 17.4 Å². The van der Waals surface area contributed by atoms with Gasteiger partial charge in [-0.15, -0.1) is 12.6 Å². The molecule has 1 aromatic heterocycles. The topological polar surface area (TPSA) is 13.1 Å². The fourth-order valence-electron chi connectivity index (χ4n) is 1.37. The van der Waals surface area contributed by atoms with Crippen molar-refractivity contribution in [1.29, 1.82) is 0 Å². The van der Waals surface area contributed by atoms with Crippen LogP contribution in [0.25, 0.3) is 0 Å². The van der Waals surface area contributed by atoms with Gasteiger partial charge in [0, 0.05) is 6.42 Å². The summed E-state index contributed by atoms with van der Waals surface area (Å²) in [6, 6.07) is 2.04. The molecule has 0 saturated carbocycles. The molecular weight excluding hydrogens is 168 g/mol. The molecule has 0 aliphatic heterocycles. The third kappa shape index (κ3) is 2.31. The molecule has 2 heteroatoms. The molecule has 0 aliphatic rings. The molecule has 68 valence electrons. The molecule has 1 nitrogen and oxygen atoms in total. The zero-order valence-electron chi connectivity index (χ0n) is 7.76. The minimum atomic E-state index is 0.752. The fraction of sp³-hybridized carbons (Fsp3) is 0.600. The van der Waals surface area contributed by atoms with Crippen LogP contribution >= 0.6 is 12.6 Å². The summed E-state index contributed by atoms with van der Waals surface area (Å²) < 4.78 is 5.47. The van der Waals surface area contributed by atoms with E-state index >= 15 is 0 Å². The Morgan fingerprint density at radius 1 is 1.25 bits per heavy atom. The number of rotatable bonds is 4. The molecule has 0 atom stereocenters. The molecule has 0 fully saturated rings. The molecule has 0 unspecified atom stereocenters. The summed E-state index contributed by atoms with van der Waals surface area (Å²) in [7, 11) is 0. The second-order valence-corrected chi connectivity index (χ2v) is 3.47.